The highest BCUT2D eigenvalue weighted by Gasteiger charge is 2.03. The lowest BCUT2D eigenvalue weighted by Gasteiger charge is -2.03. The fourth-order valence-electron chi connectivity index (χ4n) is 1.39. The second kappa shape index (κ2) is 5.07. The van der Waals surface area contributed by atoms with Crippen molar-refractivity contribution in [2.75, 3.05) is 11.9 Å². The predicted molar refractivity (Wildman–Crippen MR) is 68.9 cm³/mol. The summed E-state index contributed by atoms with van der Waals surface area (Å²) in [7, 11) is 0. The zero-order chi connectivity index (χ0) is 11.4. The Balaban J connectivity index is 2.22. The molecular weight excluding hydrogens is 218 g/mol. The van der Waals surface area contributed by atoms with E-state index in [1.54, 1.807) is 17.5 Å². The molecule has 0 aliphatic heterocycles. The lowest BCUT2D eigenvalue weighted by molar-refractivity contribution is 0.953. The maximum atomic E-state index is 4.48. The highest BCUT2D eigenvalue weighted by molar-refractivity contribution is 7.15. The highest BCUT2D eigenvalue weighted by atomic mass is 32.1. The molecule has 16 heavy (non-hydrogen) atoms. The first-order valence-electron chi connectivity index (χ1n) is 5.43. The molecule has 0 amide bonds. The van der Waals surface area contributed by atoms with Crippen LogP contribution in [0.4, 0.5) is 5.95 Å². The van der Waals surface area contributed by atoms with Gasteiger partial charge in [-0.25, -0.2) is 9.97 Å². The Morgan fingerprint density at radius 3 is 2.88 bits per heavy atom. The average molecular weight is 233 g/mol. The summed E-state index contributed by atoms with van der Waals surface area (Å²) in [6.07, 6.45) is 2.88. The minimum atomic E-state index is 0.713. The molecule has 2 rings (SSSR count). The first kappa shape index (κ1) is 11.1. The van der Waals surface area contributed by atoms with Crippen LogP contribution >= 0.6 is 11.3 Å². The Labute approximate surface area is 99.6 Å². The van der Waals surface area contributed by atoms with E-state index in [1.165, 1.54) is 9.75 Å². The van der Waals surface area contributed by atoms with Gasteiger partial charge in [0.1, 0.15) is 0 Å². The van der Waals surface area contributed by atoms with Crippen LogP contribution in [0.3, 0.4) is 0 Å². The number of hydrogen-bond acceptors (Lipinski definition) is 4. The SMILES string of the molecule is CCCNc1nccc(-c2ccc(C)s2)n1. The molecule has 3 nitrogen and oxygen atoms in total. The standard InChI is InChI=1S/C12H15N3S/c1-3-7-13-12-14-8-6-10(15-12)11-5-4-9(2)16-11/h4-6,8H,3,7H2,1-2H3,(H,13,14,15). The highest BCUT2D eigenvalue weighted by Crippen LogP contribution is 2.26. The monoisotopic (exact) mass is 233 g/mol. The zero-order valence-corrected chi connectivity index (χ0v) is 10.3. The summed E-state index contributed by atoms with van der Waals surface area (Å²) < 4.78 is 0. The van der Waals surface area contributed by atoms with E-state index in [0.717, 1.165) is 18.7 Å². The molecule has 0 aromatic carbocycles. The van der Waals surface area contributed by atoms with E-state index in [0.29, 0.717) is 5.95 Å². The van der Waals surface area contributed by atoms with Crippen LogP contribution in [0.25, 0.3) is 10.6 Å². The fraction of sp³-hybridized carbons (Fsp3) is 0.333. The smallest absolute Gasteiger partial charge is 0.223 e. The number of nitrogens with one attached hydrogen (secondary N) is 1. The molecule has 2 heterocycles. The van der Waals surface area contributed by atoms with Crippen molar-refractivity contribution in [1.82, 2.24) is 9.97 Å². The van der Waals surface area contributed by atoms with Crippen LogP contribution in [0.15, 0.2) is 24.4 Å². The second-order valence-corrected chi connectivity index (χ2v) is 4.89. The van der Waals surface area contributed by atoms with Crippen molar-refractivity contribution in [2.45, 2.75) is 20.3 Å². The minimum absolute atomic E-state index is 0.713. The maximum absolute atomic E-state index is 4.48. The van der Waals surface area contributed by atoms with E-state index in [1.807, 2.05) is 6.07 Å². The van der Waals surface area contributed by atoms with Gasteiger partial charge in [-0.2, -0.15) is 0 Å². The molecule has 1 N–H and O–H groups in total. The third-order valence-corrected chi connectivity index (χ3v) is 3.20. The molecule has 0 atom stereocenters. The number of rotatable bonds is 4. The normalized spacial score (nSPS) is 10.4. The second-order valence-electron chi connectivity index (χ2n) is 3.60. The van der Waals surface area contributed by atoms with Gasteiger partial charge in [0.05, 0.1) is 10.6 Å². The number of nitrogens with zero attached hydrogens (tertiary/aromatic N) is 2. The van der Waals surface area contributed by atoms with Gasteiger partial charge in [-0.15, -0.1) is 11.3 Å². The van der Waals surface area contributed by atoms with Crippen LogP contribution in [-0.2, 0) is 0 Å². The van der Waals surface area contributed by atoms with Crippen molar-refractivity contribution in [1.29, 1.82) is 0 Å². The summed E-state index contributed by atoms with van der Waals surface area (Å²) >= 11 is 1.76. The molecule has 84 valence electrons. The molecule has 0 bridgehead atoms. The Morgan fingerprint density at radius 1 is 1.31 bits per heavy atom. The summed E-state index contributed by atoms with van der Waals surface area (Å²) in [5.41, 5.74) is 0.992. The molecular formula is C12H15N3S. The summed E-state index contributed by atoms with van der Waals surface area (Å²) in [5.74, 6) is 0.713. The van der Waals surface area contributed by atoms with E-state index < -0.39 is 0 Å². The van der Waals surface area contributed by atoms with Gasteiger partial charge in [-0.3, -0.25) is 0 Å². The van der Waals surface area contributed by atoms with E-state index in [4.69, 9.17) is 0 Å². The fourth-order valence-corrected chi connectivity index (χ4v) is 2.23. The van der Waals surface area contributed by atoms with Crippen molar-refractivity contribution in [3.8, 4) is 10.6 Å². The Hall–Kier alpha value is -1.42. The number of aromatic nitrogens is 2. The number of aryl methyl sites for hydroxylation is 1. The van der Waals surface area contributed by atoms with Crippen LogP contribution in [0.5, 0.6) is 0 Å². The van der Waals surface area contributed by atoms with Gasteiger partial charge < -0.3 is 5.32 Å². The number of hydrogen-bond donors (Lipinski definition) is 1. The summed E-state index contributed by atoms with van der Waals surface area (Å²) in [5, 5.41) is 3.19. The number of anilines is 1. The van der Waals surface area contributed by atoms with Gasteiger partial charge in [0.25, 0.3) is 0 Å². The Morgan fingerprint density at radius 2 is 2.19 bits per heavy atom. The van der Waals surface area contributed by atoms with Gasteiger partial charge >= 0.3 is 0 Å². The van der Waals surface area contributed by atoms with Gasteiger partial charge in [0.2, 0.25) is 5.95 Å². The minimum Gasteiger partial charge on any atom is -0.354 e. The van der Waals surface area contributed by atoms with Crippen molar-refractivity contribution < 1.29 is 0 Å². The van der Waals surface area contributed by atoms with Crippen molar-refractivity contribution in [3.63, 3.8) is 0 Å². The lowest BCUT2D eigenvalue weighted by Crippen LogP contribution is -2.04. The van der Waals surface area contributed by atoms with Crippen molar-refractivity contribution in [3.05, 3.63) is 29.3 Å². The van der Waals surface area contributed by atoms with Crippen LogP contribution in [0, 0.1) is 6.92 Å². The first-order valence-corrected chi connectivity index (χ1v) is 6.25. The summed E-state index contributed by atoms with van der Waals surface area (Å²) in [6, 6.07) is 6.16. The molecule has 0 unspecified atom stereocenters. The third kappa shape index (κ3) is 2.58. The molecule has 0 spiro atoms. The van der Waals surface area contributed by atoms with E-state index in [2.05, 4.69) is 41.3 Å². The van der Waals surface area contributed by atoms with Gasteiger partial charge in [-0.1, -0.05) is 6.92 Å². The van der Waals surface area contributed by atoms with E-state index in [9.17, 15) is 0 Å². The third-order valence-electron chi connectivity index (χ3n) is 2.18. The van der Waals surface area contributed by atoms with Gasteiger partial charge in [0.15, 0.2) is 0 Å². The van der Waals surface area contributed by atoms with Crippen LogP contribution in [0.2, 0.25) is 0 Å². The van der Waals surface area contributed by atoms with Crippen LogP contribution in [-0.4, -0.2) is 16.5 Å². The largest absolute Gasteiger partial charge is 0.354 e. The maximum Gasteiger partial charge on any atom is 0.223 e. The summed E-state index contributed by atoms with van der Waals surface area (Å²) in [6.45, 7) is 5.14. The molecule has 0 radical (unpaired) electrons. The molecule has 4 heteroatoms. The van der Waals surface area contributed by atoms with Crippen LogP contribution < -0.4 is 5.32 Å². The average Bonchev–Trinajstić information content (AvgIpc) is 2.74. The first-order chi connectivity index (χ1) is 7.79. The number of thiophene rings is 1. The molecule has 0 aliphatic carbocycles. The molecule has 0 aliphatic rings. The quantitative estimate of drug-likeness (QED) is 0.880. The van der Waals surface area contributed by atoms with Gasteiger partial charge in [0, 0.05) is 17.6 Å². The molecule has 2 aromatic heterocycles. The molecule has 0 saturated heterocycles. The van der Waals surface area contributed by atoms with E-state index in [-0.39, 0.29) is 0 Å². The zero-order valence-electron chi connectivity index (χ0n) is 9.53. The molecule has 0 saturated carbocycles. The molecule has 2 aromatic rings. The van der Waals surface area contributed by atoms with Crippen molar-refractivity contribution >= 4 is 17.3 Å². The van der Waals surface area contributed by atoms with Crippen molar-refractivity contribution in [2.24, 2.45) is 0 Å². The Kier molecular flexibility index (Phi) is 3.51. The predicted octanol–water partition coefficient (Wildman–Crippen LogP) is 3.34. The van der Waals surface area contributed by atoms with Gasteiger partial charge in [-0.05, 0) is 31.5 Å². The molecule has 0 fully saturated rings. The van der Waals surface area contributed by atoms with E-state index >= 15 is 0 Å². The topological polar surface area (TPSA) is 37.8 Å². The summed E-state index contributed by atoms with van der Waals surface area (Å²) in [4.78, 5) is 11.2. The Bertz CT molecular complexity index is 465. The lowest BCUT2D eigenvalue weighted by atomic mass is 10.3. The van der Waals surface area contributed by atoms with Crippen LogP contribution in [0.1, 0.15) is 18.2 Å².